The number of aromatic nitrogens is 2. The van der Waals surface area contributed by atoms with Gasteiger partial charge in [0.15, 0.2) is 0 Å². The molecule has 3 N–H and O–H groups in total. The fourth-order valence-corrected chi connectivity index (χ4v) is 4.61. The monoisotopic (exact) mass is 430 g/mol. The van der Waals surface area contributed by atoms with Gasteiger partial charge in [-0.1, -0.05) is 35.9 Å². The minimum absolute atomic E-state index is 0.0376. The summed E-state index contributed by atoms with van der Waals surface area (Å²) in [5, 5.41) is 7.58. The first kappa shape index (κ1) is 19.9. The second kappa shape index (κ2) is 6.98. The number of fused-ring (bicyclic) bond motifs is 4. The summed E-state index contributed by atoms with van der Waals surface area (Å²) in [5.41, 5.74) is 8.67. The number of nitrogens with one attached hydrogen (secondary N) is 1. The zero-order chi connectivity index (χ0) is 22.6. The summed E-state index contributed by atoms with van der Waals surface area (Å²) in [6.45, 7) is 5.54. The Hall–Kier alpha value is -4.07. The molecule has 0 unspecified atom stereocenters. The van der Waals surface area contributed by atoms with E-state index in [1.165, 1.54) is 0 Å². The number of benzene rings is 2. The number of aryl methyl sites for hydroxylation is 2. The molecule has 8 nitrogen and oxygen atoms in total. The molecule has 2 aromatic carbocycles. The van der Waals surface area contributed by atoms with Crippen LogP contribution < -0.4 is 15.8 Å². The van der Waals surface area contributed by atoms with E-state index >= 15 is 0 Å². The third-order valence-electron chi connectivity index (χ3n) is 5.87. The van der Waals surface area contributed by atoms with Crippen molar-refractivity contribution in [2.75, 3.05) is 11.9 Å². The van der Waals surface area contributed by atoms with Crippen LogP contribution in [0.15, 0.2) is 60.0 Å². The maximum Gasteiger partial charge on any atom is 0.341 e. The van der Waals surface area contributed by atoms with Gasteiger partial charge in [-0.2, -0.15) is 5.10 Å². The quantitative estimate of drug-likeness (QED) is 0.619. The summed E-state index contributed by atoms with van der Waals surface area (Å²) in [7, 11) is 0. The van der Waals surface area contributed by atoms with Gasteiger partial charge in [-0.05, 0) is 39.0 Å². The van der Waals surface area contributed by atoms with Crippen molar-refractivity contribution in [3.05, 3.63) is 82.4 Å². The second-order valence-electron chi connectivity index (χ2n) is 7.83. The lowest BCUT2D eigenvalue weighted by Crippen LogP contribution is -2.46. The molecular formula is C24H22N4O4. The molecule has 1 aromatic heterocycles. The summed E-state index contributed by atoms with van der Waals surface area (Å²) >= 11 is 0. The van der Waals surface area contributed by atoms with Gasteiger partial charge in [0.25, 0.3) is 0 Å². The molecule has 5 rings (SSSR count). The van der Waals surface area contributed by atoms with Crippen molar-refractivity contribution in [2.24, 2.45) is 5.73 Å². The Morgan fingerprint density at radius 3 is 2.69 bits per heavy atom. The molecule has 1 atom stereocenters. The SMILES string of the molecule is CCOC(=O)C1=C(N)Oc2c(c(C)nn2-c2ccccc2)[C@@]12C(=O)Nc1ccc(C)cc12. The summed E-state index contributed by atoms with van der Waals surface area (Å²) in [6.07, 6.45) is 0. The third kappa shape index (κ3) is 2.52. The predicted octanol–water partition coefficient (Wildman–Crippen LogP) is 2.85. The molecule has 2 aliphatic rings. The Labute approximate surface area is 184 Å². The molecule has 0 aliphatic carbocycles. The maximum atomic E-state index is 13.7. The van der Waals surface area contributed by atoms with Gasteiger partial charge in [-0.15, -0.1) is 0 Å². The number of carbonyl (C=O) groups is 2. The zero-order valence-electron chi connectivity index (χ0n) is 17.9. The number of rotatable bonds is 3. The van der Waals surface area contributed by atoms with E-state index < -0.39 is 17.3 Å². The first-order chi connectivity index (χ1) is 15.4. The predicted molar refractivity (Wildman–Crippen MR) is 117 cm³/mol. The molecule has 0 saturated carbocycles. The van der Waals surface area contributed by atoms with Gasteiger partial charge in [0.05, 0.1) is 23.6 Å². The zero-order valence-corrected chi connectivity index (χ0v) is 17.9. The van der Waals surface area contributed by atoms with Crippen LogP contribution in [-0.4, -0.2) is 28.3 Å². The van der Waals surface area contributed by atoms with Crippen LogP contribution in [0, 0.1) is 13.8 Å². The maximum absolute atomic E-state index is 13.7. The summed E-state index contributed by atoms with van der Waals surface area (Å²) in [5.74, 6) is -0.988. The largest absolute Gasteiger partial charge is 0.462 e. The number of hydrogen-bond acceptors (Lipinski definition) is 6. The Kier molecular flexibility index (Phi) is 4.33. The Morgan fingerprint density at radius 2 is 1.97 bits per heavy atom. The lowest BCUT2D eigenvalue weighted by atomic mass is 9.68. The normalized spacial score (nSPS) is 18.8. The number of amides is 1. The highest BCUT2D eigenvalue weighted by atomic mass is 16.5. The van der Waals surface area contributed by atoms with Crippen molar-refractivity contribution in [1.82, 2.24) is 9.78 Å². The Bertz CT molecular complexity index is 1310. The molecule has 0 bridgehead atoms. The average molecular weight is 430 g/mol. The number of anilines is 1. The van der Waals surface area contributed by atoms with Crippen molar-refractivity contribution < 1.29 is 19.1 Å². The van der Waals surface area contributed by atoms with E-state index in [-0.39, 0.29) is 18.1 Å². The summed E-state index contributed by atoms with van der Waals surface area (Å²) in [6, 6.07) is 15.0. The van der Waals surface area contributed by atoms with E-state index in [1.807, 2.05) is 55.5 Å². The lowest BCUT2D eigenvalue weighted by Gasteiger charge is -2.34. The van der Waals surface area contributed by atoms with Crippen LogP contribution in [0.2, 0.25) is 0 Å². The number of ether oxygens (including phenoxy) is 2. The molecule has 8 heteroatoms. The first-order valence-electron chi connectivity index (χ1n) is 10.3. The number of para-hydroxylation sites is 1. The fraction of sp³-hybridized carbons (Fsp3) is 0.208. The Balaban J connectivity index is 1.89. The van der Waals surface area contributed by atoms with Crippen LogP contribution in [0.3, 0.4) is 0 Å². The van der Waals surface area contributed by atoms with E-state index in [1.54, 1.807) is 18.5 Å². The molecular weight excluding hydrogens is 408 g/mol. The van der Waals surface area contributed by atoms with Crippen molar-refractivity contribution >= 4 is 17.6 Å². The van der Waals surface area contributed by atoms with Gasteiger partial charge < -0.3 is 20.5 Å². The number of esters is 1. The highest BCUT2D eigenvalue weighted by Gasteiger charge is 2.60. The first-order valence-corrected chi connectivity index (χ1v) is 10.3. The van der Waals surface area contributed by atoms with Gasteiger partial charge in [0.2, 0.25) is 17.7 Å². The number of nitrogens with two attached hydrogens (primary N) is 1. The van der Waals surface area contributed by atoms with E-state index in [9.17, 15) is 9.59 Å². The highest BCUT2D eigenvalue weighted by molar-refractivity contribution is 6.17. The topological polar surface area (TPSA) is 108 Å². The van der Waals surface area contributed by atoms with Gasteiger partial charge in [-0.25, -0.2) is 9.48 Å². The van der Waals surface area contributed by atoms with Crippen molar-refractivity contribution in [2.45, 2.75) is 26.2 Å². The van der Waals surface area contributed by atoms with E-state index in [0.717, 1.165) is 11.3 Å². The average Bonchev–Trinajstić information content (AvgIpc) is 3.24. The molecule has 1 amide bonds. The van der Waals surface area contributed by atoms with Gasteiger partial charge in [0, 0.05) is 11.3 Å². The molecule has 0 saturated heterocycles. The molecule has 2 aliphatic heterocycles. The van der Waals surface area contributed by atoms with E-state index in [0.29, 0.717) is 28.4 Å². The van der Waals surface area contributed by atoms with Crippen molar-refractivity contribution in [3.8, 4) is 11.6 Å². The number of carbonyl (C=O) groups excluding carboxylic acids is 2. The molecule has 3 heterocycles. The van der Waals surface area contributed by atoms with Crippen LogP contribution in [0.25, 0.3) is 5.69 Å². The molecule has 0 fully saturated rings. The molecule has 32 heavy (non-hydrogen) atoms. The summed E-state index contributed by atoms with van der Waals surface area (Å²) < 4.78 is 12.9. The second-order valence-corrected chi connectivity index (χ2v) is 7.83. The smallest absolute Gasteiger partial charge is 0.341 e. The summed E-state index contributed by atoms with van der Waals surface area (Å²) in [4.78, 5) is 26.9. The fourth-order valence-electron chi connectivity index (χ4n) is 4.61. The van der Waals surface area contributed by atoms with Crippen LogP contribution in [0.4, 0.5) is 5.69 Å². The minimum Gasteiger partial charge on any atom is -0.462 e. The standard InChI is InChI=1S/C24H22N4O4/c1-4-31-22(29)19-20(25)32-21-18(14(3)27-28(21)15-8-6-5-7-9-15)24(19)16-12-13(2)10-11-17(16)26-23(24)30/h5-12H,4,25H2,1-3H3,(H,26,30)/t24-/m1/s1. The Morgan fingerprint density at radius 1 is 1.22 bits per heavy atom. The third-order valence-corrected chi connectivity index (χ3v) is 5.87. The van der Waals surface area contributed by atoms with Crippen LogP contribution >= 0.6 is 0 Å². The van der Waals surface area contributed by atoms with Crippen molar-refractivity contribution in [3.63, 3.8) is 0 Å². The molecule has 162 valence electrons. The van der Waals surface area contributed by atoms with E-state index in [4.69, 9.17) is 15.2 Å². The molecule has 3 aromatic rings. The molecule has 1 spiro atoms. The number of nitrogens with zero attached hydrogens (tertiary/aromatic N) is 2. The highest BCUT2D eigenvalue weighted by Crippen LogP contribution is 2.55. The van der Waals surface area contributed by atoms with Gasteiger partial charge in [0.1, 0.15) is 11.0 Å². The number of hydrogen-bond donors (Lipinski definition) is 2. The molecule has 0 radical (unpaired) electrons. The van der Waals surface area contributed by atoms with Crippen LogP contribution in [0.1, 0.15) is 29.3 Å². The van der Waals surface area contributed by atoms with E-state index in [2.05, 4.69) is 10.4 Å². The lowest BCUT2D eigenvalue weighted by molar-refractivity contribution is -0.140. The van der Waals surface area contributed by atoms with Gasteiger partial charge >= 0.3 is 5.97 Å². The van der Waals surface area contributed by atoms with Crippen LogP contribution in [-0.2, 0) is 19.7 Å². The van der Waals surface area contributed by atoms with Crippen molar-refractivity contribution in [1.29, 1.82) is 0 Å². The van der Waals surface area contributed by atoms with Crippen LogP contribution in [0.5, 0.6) is 5.88 Å². The minimum atomic E-state index is -1.54. The van der Waals surface area contributed by atoms with Gasteiger partial charge in [-0.3, -0.25) is 4.79 Å².